The van der Waals surface area contributed by atoms with Crippen molar-refractivity contribution in [1.29, 1.82) is 5.26 Å². The van der Waals surface area contributed by atoms with Gasteiger partial charge in [-0.15, -0.1) is 0 Å². The number of hydrogen-bond acceptors (Lipinski definition) is 3. The molecule has 2 heterocycles. The lowest BCUT2D eigenvalue weighted by molar-refractivity contribution is 0.186. The van der Waals surface area contributed by atoms with Gasteiger partial charge in [-0.05, 0) is 44.0 Å². The maximum Gasteiger partial charge on any atom is 0.125 e. The first-order valence-corrected chi connectivity index (χ1v) is 8.09. The van der Waals surface area contributed by atoms with E-state index in [0.29, 0.717) is 12.1 Å². The van der Waals surface area contributed by atoms with Crippen LogP contribution in [0.4, 0.5) is 10.1 Å². The van der Waals surface area contributed by atoms with Gasteiger partial charge in [0, 0.05) is 36.3 Å². The van der Waals surface area contributed by atoms with E-state index in [9.17, 15) is 9.65 Å². The molecular formula is C17H19FN3P. The Morgan fingerprint density at radius 1 is 1.45 bits per heavy atom. The molecule has 0 radical (unpaired) electrons. The van der Waals surface area contributed by atoms with Crippen molar-refractivity contribution in [1.82, 2.24) is 4.98 Å². The average Bonchev–Trinajstić information content (AvgIpc) is 2.53. The minimum Gasteiger partial charge on any atom is -0.371 e. The lowest BCUT2D eigenvalue weighted by atomic mass is 9.92. The van der Waals surface area contributed by atoms with Crippen LogP contribution >= 0.6 is 9.24 Å². The SMILES string of the molecule is CC(F)(P)C1CCCN(c2ccc(C#N)c3ncccc23)C1. The first-order chi connectivity index (χ1) is 10.5. The Labute approximate surface area is 132 Å². The van der Waals surface area contributed by atoms with Gasteiger partial charge >= 0.3 is 0 Å². The second-order valence-electron chi connectivity index (χ2n) is 6.08. The highest BCUT2D eigenvalue weighted by Crippen LogP contribution is 2.38. The number of piperidine rings is 1. The fraction of sp³-hybridized carbons (Fsp3) is 0.412. The van der Waals surface area contributed by atoms with Gasteiger partial charge in [0.1, 0.15) is 11.5 Å². The summed E-state index contributed by atoms with van der Waals surface area (Å²) in [5.74, 6) is -0.00591. The van der Waals surface area contributed by atoms with Gasteiger partial charge in [0.25, 0.3) is 0 Å². The predicted molar refractivity (Wildman–Crippen MR) is 90.6 cm³/mol. The summed E-state index contributed by atoms with van der Waals surface area (Å²) in [4.78, 5) is 6.57. The molecule has 114 valence electrons. The summed E-state index contributed by atoms with van der Waals surface area (Å²) in [6.45, 7) is 3.23. The summed E-state index contributed by atoms with van der Waals surface area (Å²) >= 11 is 0. The standard InChI is InChI=1S/C17H19FN3P/c1-17(18,22)13-4-3-9-21(11-13)15-7-6-12(10-19)16-14(15)5-2-8-20-16/h2,5-8,13H,3-4,9,11,22H2,1H3. The molecule has 3 unspecified atom stereocenters. The number of nitrogens with zero attached hydrogens (tertiary/aromatic N) is 3. The van der Waals surface area contributed by atoms with Crippen molar-refractivity contribution in [2.24, 2.45) is 5.92 Å². The Hall–Kier alpha value is -1.72. The Morgan fingerprint density at radius 3 is 3.00 bits per heavy atom. The van der Waals surface area contributed by atoms with Gasteiger partial charge in [-0.25, -0.2) is 4.39 Å². The third-order valence-electron chi connectivity index (χ3n) is 4.43. The highest BCUT2D eigenvalue weighted by Gasteiger charge is 2.33. The zero-order valence-electron chi connectivity index (χ0n) is 12.6. The van der Waals surface area contributed by atoms with Crippen molar-refractivity contribution in [3.8, 4) is 6.07 Å². The molecule has 0 bridgehead atoms. The van der Waals surface area contributed by atoms with Gasteiger partial charge in [-0.1, -0.05) is 9.24 Å². The monoisotopic (exact) mass is 315 g/mol. The molecular weight excluding hydrogens is 296 g/mol. The number of pyridine rings is 1. The third-order valence-corrected chi connectivity index (χ3v) is 4.90. The van der Waals surface area contributed by atoms with E-state index >= 15 is 0 Å². The van der Waals surface area contributed by atoms with E-state index in [0.717, 1.165) is 36.0 Å². The van der Waals surface area contributed by atoms with Crippen molar-refractivity contribution in [2.75, 3.05) is 18.0 Å². The molecule has 1 aromatic heterocycles. The molecule has 0 saturated carbocycles. The predicted octanol–water partition coefficient (Wildman–Crippen LogP) is 3.88. The Morgan fingerprint density at radius 2 is 2.27 bits per heavy atom. The van der Waals surface area contributed by atoms with Gasteiger partial charge in [-0.3, -0.25) is 4.98 Å². The lowest BCUT2D eigenvalue weighted by Crippen LogP contribution is -2.41. The highest BCUT2D eigenvalue weighted by atomic mass is 31.0. The normalized spacial score (nSPS) is 21.4. The van der Waals surface area contributed by atoms with E-state index in [4.69, 9.17) is 0 Å². The Bertz CT molecular complexity index is 733. The quantitative estimate of drug-likeness (QED) is 0.790. The van der Waals surface area contributed by atoms with Crippen LogP contribution in [0.25, 0.3) is 10.9 Å². The molecule has 1 aliphatic rings. The number of nitriles is 1. The Kier molecular flexibility index (Phi) is 4.02. The summed E-state index contributed by atoms with van der Waals surface area (Å²) in [6, 6.07) is 9.82. The molecule has 1 saturated heterocycles. The van der Waals surface area contributed by atoms with Crippen molar-refractivity contribution in [3.63, 3.8) is 0 Å². The second-order valence-corrected chi connectivity index (χ2v) is 7.21. The van der Waals surface area contributed by atoms with Crippen molar-refractivity contribution in [3.05, 3.63) is 36.0 Å². The summed E-state index contributed by atoms with van der Waals surface area (Å²) < 4.78 is 14.3. The molecule has 2 aromatic rings. The first kappa shape index (κ1) is 15.2. The van der Waals surface area contributed by atoms with Gasteiger partial charge in [0.15, 0.2) is 0 Å². The number of benzene rings is 1. The lowest BCUT2D eigenvalue weighted by Gasteiger charge is -2.39. The molecule has 5 heteroatoms. The van der Waals surface area contributed by atoms with Crippen LogP contribution in [0.15, 0.2) is 30.5 Å². The number of hydrogen-bond donors (Lipinski definition) is 0. The number of alkyl halides is 1. The maximum atomic E-state index is 14.3. The highest BCUT2D eigenvalue weighted by molar-refractivity contribution is 7.18. The van der Waals surface area contributed by atoms with Crippen molar-refractivity contribution in [2.45, 2.75) is 25.2 Å². The zero-order chi connectivity index (χ0) is 15.7. The molecule has 3 atom stereocenters. The first-order valence-electron chi connectivity index (χ1n) is 7.51. The van der Waals surface area contributed by atoms with E-state index < -0.39 is 5.41 Å². The second kappa shape index (κ2) is 5.82. The van der Waals surface area contributed by atoms with Crippen LogP contribution in [0.1, 0.15) is 25.3 Å². The third kappa shape index (κ3) is 2.78. The number of anilines is 1. The summed E-state index contributed by atoms with van der Waals surface area (Å²) in [6.07, 6.45) is 3.58. The topological polar surface area (TPSA) is 39.9 Å². The molecule has 0 amide bonds. The van der Waals surface area contributed by atoms with Crippen LogP contribution in [0.2, 0.25) is 0 Å². The fourth-order valence-electron chi connectivity index (χ4n) is 3.18. The van der Waals surface area contributed by atoms with E-state index in [2.05, 4.69) is 25.2 Å². The summed E-state index contributed by atoms with van der Waals surface area (Å²) in [5, 5.41) is 8.94. The minimum absolute atomic E-state index is 0.00591. The van der Waals surface area contributed by atoms with Gasteiger partial charge in [-0.2, -0.15) is 5.26 Å². The average molecular weight is 315 g/mol. The number of fused-ring (bicyclic) bond motifs is 1. The number of aromatic nitrogens is 1. The molecule has 1 aliphatic heterocycles. The Balaban J connectivity index is 2.02. The van der Waals surface area contributed by atoms with Crippen LogP contribution in [0.5, 0.6) is 0 Å². The summed E-state index contributed by atoms with van der Waals surface area (Å²) in [7, 11) is 2.33. The van der Waals surface area contributed by atoms with Gasteiger partial charge in [0.05, 0.1) is 11.1 Å². The molecule has 0 aliphatic carbocycles. The van der Waals surface area contributed by atoms with E-state index in [1.54, 1.807) is 13.1 Å². The molecule has 1 fully saturated rings. The molecule has 0 spiro atoms. The molecule has 3 nitrogen and oxygen atoms in total. The molecule has 22 heavy (non-hydrogen) atoms. The molecule has 3 rings (SSSR count). The van der Waals surface area contributed by atoms with Gasteiger partial charge < -0.3 is 4.90 Å². The van der Waals surface area contributed by atoms with Crippen LogP contribution in [-0.4, -0.2) is 23.5 Å². The van der Waals surface area contributed by atoms with Crippen LogP contribution in [0.3, 0.4) is 0 Å². The van der Waals surface area contributed by atoms with Crippen molar-refractivity contribution < 1.29 is 4.39 Å². The van der Waals surface area contributed by atoms with Crippen LogP contribution in [0, 0.1) is 17.2 Å². The van der Waals surface area contributed by atoms with E-state index in [-0.39, 0.29) is 5.92 Å². The number of halogens is 1. The maximum absolute atomic E-state index is 14.3. The minimum atomic E-state index is -1.25. The fourth-order valence-corrected chi connectivity index (χ4v) is 3.45. The smallest absolute Gasteiger partial charge is 0.125 e. The number of rotatable bonds is 2. The summed E-state index contributed by atoms with van der Waals surface area (Å²) in [5.41, 5.74) is 2.34. The zero-order valence-corrected chi connectivity index (χ0v) is 13.7. The van der Waals surface area contributed by atoms with Gasteiger partial charge in [0.2, 0.25) is 0 Å². The van der Waals surface area contributed by atoms with Crippen LogP contribution in [-0.2, 0) is 0 Å². The largest absolute Gasteiger partial charge is 0.371 e. The van der Waals surface area contributed by atoms with E-state index in [1.807, 2.05) is 24.3 Å². The van der Waals surface area contributed by atoms with Crippen LogP contribution < -0.4 is 4.90 Å². The molecule has 1 aromatic carbocycles. The molecule has 0 N–H and O–H groups in total. The van der Waals surface area contributed by atoms with Crippen molar-refractivity contribution >= 4 is 25.8 Å². The van der Waals surface area contributed by atoms with E-state index in [1.165, 1.54) is 0 Å².